The van der Waals surface area contributed by atoms with Crippen LogP contribution in [0.1, 0.15) is 6.42 Å². The Morgan fingerprint density at radius 3 is 2.91 bits per heavy atom. The summed E-state index contributed by atoms with van der Waals surface area (Å²) in [7, 11) is 0. The van der Waals surface area contributed by atoms with Crippen molar-refractivity contribution in [2.45, 2.75) is 24.9 Å². The molecule has 0 aromatic carbocycles. The van der Waals surface area contributed by atoms with Crippen LogP contribution in [0.4, 0.5) is 0 Å². The Labute approximate surface area is 65.3 Å². The molecule has 4 nitrogen and oxygen atoms in total. The van der Waals surface area contributed by atoms with Crippen molar-refractivity contribution in [2.75, 3.05) is 13.2 Å². The number of aliphatic hydroxyl groups is 1. The molecule has 2 aliphatic heterocycles. The average molecular weight is 159 g/mol. The first-order valence-corrected chi connectivity index (χ1v) is 3.96. The van der Waals surface area contributed by atoms with Crippen LogP contribution < -0.4 is 5.73 Å². The number of hydrogen-bond donors (Lipinski definition) is 2. The monoisotopic (exact) mass is 159 g/mol. The molecule has 0 amide bonds. The predicted octanol–water partition coefficient (Wildman–Crippen LogP) is -0.933. The molecule has 0 saturated carbocycles. The lowest BCUT2D eigenvalue weighted by atomic mass is 9.92. The molecule has 4 atom stereocenters. The zero-order valence-corrected chi connectivity index (χ0v) is 6.27. The standard InChI is InChI=1S/C7H13NO3/c8-4-3-11-7-6(4)5(9)1-2-10-7/h4-7,9H,1-3,8H2/t4-,5-,6-,7-/m0/s1. The van der Waals surface area contributed by atoms with Gasteiger partial charge in [-0.25, -0.2) is 0 Å². The highest BCUT2D eigenvalue weighted by atomic mass is 16.7. The Balaban J connectivity index is 2.08. The molecule has 3 N–H and O–H groups in total. The number of ether oxygens (including phenoxy) is 2. The molecule has 2 rings (SSSR count). The van der Waals surface area contributed by atoms with Gasteiger partial charge in [-0.2, -0.15) is 0 Å². The molecule has 64 valence electrons. The van der Waals surface area contributed by atoms with Gasteiger partial charge in [0, 0.05) is 6.04 Å². The van der Waals surface area contributed by atoms with E-state index >= 15 is 0 Å². The van der Waals surface area contributed by atoms with Crippen LogP contribution >= 0.6 is 0 Å². The fraction of sp³-hybridized carbons (Fsp3) is 1.00. The van der Waals surface area contributed by atoms with Crippen molar-refractivity contribution in [2.24, 2.45) is 11.7 Å². The van der Waals surface area contributed by atoms with Crippen LogP contribution in [0.3, 0.4) is 0 Å². The van der Waals surface area contributed by atoms with Crippen molar-refractivity contribution >= 4 is 0 Å². The molecule has 0 aromatic rings. The number of fused-ring (bicyclic) bond motifs is 1. The minimum absolute atomic E-state index is 0.0104. The summed E-state index contributed by atoms with van der Waals surface area (Å²) in [4.78, 5) is 0. The van der Waals surface area contributed by atoms with Crippen LogP contribution in [0.2, 0.25) is 0 Å². The van der Waals surface area contributed by atoms with E-state index < -0.39 is 0 Å². The fourth-order valence-corrected chi connectivity index (χ4v) is 1.75. The van der Waals surface area contributed by atoms with E-state index in [1.165, 1.54) is 0 Å². The Kier molecular flexibility index (Phi) is 1.85. The molecular formula is C7H13NO3. The van der Waals surface area contributed by atoms with Crippen molar-refractivity contribution in [3.8, 4) is 0 Å². The van der Waals surface area contributed by atoms with E-state index in [9.17, 15) is 5.11 Å². The van der Waals surface area contributed by atoms with Crippen molar-refractivity contribution in [1.82, 2.24) is 0 Å². The van der Waals surface area contributed by atoms with Gasteiger partial charge in [-0.15, -0.1) is 0 Å². The van der Waals surface area contributed by atoms with Gasteiger partial charge in [0.05, 0.1) is 25.2 Å². The molecule has 0 spiro atoms. The summed E-state index contributed by atoms with van der Waals surface area (Å²) in [6.45, 7) is 1.08. The van der Waals surface area contributed by atoms with E-state index in [2.05, 4.69) is 0 Å². The molecule has 0 aliphatic carbocycles. The molecule has 2 fully saturated rings. The normalized spacial score (nSPS) is 50.7. The van der Waals surface area contributed by atoms with E-state index in [-0.39, 0.29) is 24.4 Å². The molecule has 2 saturated heterocycles. The van der Waals surface area contributed by atoms with Gasteiger partial charge in [0.25, 0.3) is 0 Å². The summed E-state index contributed by atoms with van der Waals surface area (Å²) in [5, 5.41) is 9.51. The zero-order chi connectivity index (χ0) is 7.84. The second kappa shape index (κ2) is 2.71. The number of nitrogens with two attached hydrogens (primary N) is 1. The van der Waals surface area contributed by atoms with Crippen LogP contribution in [-0.2, 0) is 9.47 Å². The minimum atomic E-state index is -0.341. The molecule has 2 aliphatic rings. The third-order valence-electron chi connectivity index (χ3n) is 2.40. The Bertz CT molecular complexity index is 151. The lowest BCUT2D eigenvalue weighted by Crippen LogP contribution is -2.44. The zero-order valence-electron chi connectivity index (χ0n) is 6.27. The van der Waals surface area contributed by atoms with Crippen molar-refractivity contribution in [3.05, 3.63) is 0 Å². The Hall–Kier alpha value is -0.160. The number of rotatable bonds is 0. The van der Waals surface area contributed by atoms with Crippen molar-refractivity contribution in [3.63, 3.8) is 0 Å². The smallest absolute Gasteiger partial charge is 0.164 e. The van der Waals surface area contributed by atoms with Gasteiger partial charge in [0.2, 0.25) is 0 Å². The highest BCUT2D eigenvalue weighted by Gasteiger charge is 2.43. The summed E-state index contributed by atoms with van der Waals surface area (Å²) >= 11 is 0. The van der Waals surface area contributed by atoms with E-state index in [1.54, 1.807) is 0 Å². The van der Waals surface area contributed by atoms with Crippen LogP contribution in [0, 0.1) is 5.92 Å². The maximum Gasteiger partial charge on any atom is 0.164 e. The number of hydrogen-bond acceptors (Lipinski definition) is 4. The van der Waals surface area contributed by atoms with E-state index in [4.69, 9.17) is 15.2 Å². The minimum Gasteiger partial charge on any atom is -0.392 e. The summed E-state index contributed by atoms with van der Waals surface area (Å²) < 4.78 is 10.5. The van der Waals surface area contributed by atoms with Crippen LogP contribution in [0.25, 0.3) is 0 Å². The SMILES string of the molecule is N[C@H]1CO[C@@H]2OCC[C@H](O)[C@@H]21. The molecule has 0 radical (unpaired) electrons. The number of aliphatic hydroxyl groups excluding tert-OH is 1. The molecule has 0 bridgehead atoms. The third-order valence-corrected chi connectivity index (χ3v) is 2.40. The Morgan fingerprint density at radius 2 is 2.18 bits per heavy atom. The highest BCUT2D eigenvalue weighted by Crippen LogP contribution is 2.29. The van der Waals surface area contributed by atoms with E-state index in [0.717, 1.165) is 0 Å². The summed E-state index contributed by atoms with van der Waals surface area (Å²) in [6, 6.07) is -0.0599. The summed E-state index contributed by atoms with van der Waals surface area (Å²) in [6.07, 6.45) is 0.0816. The molecule has 2 heterocycles. The highest BCUT2D eigenvalue weighted by molar-refractivity contribution is 4.89. The third kappa shape index (κ3) is 1.16. The van der Waals surface area contributed by atoms with E-state index in [1.807, 2.05) is 0 Å². The predicted molar refractivity (Wildman–Crippen MR) is 37.8 cm³/mol. The van der Waals surface area contributed by atoms with Crippen LogP contribution in [0.15, 0.2) is 0 Å². The van der Waals surface area contributed by atoms with Crippen LogP contribution in [0.5, 0.6) is 0 Å². The first-order chi connectivity index (χ1) is 5.29. The second-order valence-corrected chi connectivity index (χ2v) is 3.17. The van der Waals surface area contributed by atoms with Crippen molar-refractivity contribution in [1.29, 1.82) is 0 Å². The quantitative estimate of drug-likeness (QED) is 0.479. The first-order valence-electron chi connectivity index (χ1n) is 3.96. The molecule has 0 aromatic heterocycles. The largest absolute Gasteiger partial charge is 0.392 e. The second-order valence-electron chi connectivity index (χ2n) is 3.17. The lowest BCUT2D eigenvalue weighted by molar-refractivity contribution is -0.180. The molecule has 0 unspecified atom stereocenters. The van der Waals surface area contributed by atoms with Crippen LogP contribution in [-0.4, -0.2) is 36.8 Å². The topological polar surface area (TPSA) is 64.7 Å². The van der Waals surface area contributed by atoms with Gasteiger partial charge in [0.1, 0.15) is 0 Å². The van der Waals surface area contributed by atoms with Gasteiger partial charge in [-0.1, -0.05) is 0 Å². The maximum atomic E-state index is 9.51. The Morgan fingerprint density at radius 1 is 1.36 bits per heavy atom. The molecule has 11 heavy (non-hydrogen) atoms. The van der Waals surface area contributed by atoms with Gasteiger partial charge < -0.3 is 20.3 Å². The molecular weight excluding hydrogens is 146 g/mol. The summed E-state index contributed by atoms with van der Waals surface area (Å²) in [5.74, 6) is -0.0104. The van der Waals surface area contributed by atoms with Gasteiger partial charge >= 0.3 is 0 Å². The first kappa shape index (κ1) is 7.49. The van der Waals surface area contributed by atoms with Gasteiger partial charge in [-0.3, -0.25) is 0 Å². The average Bonchev–Trinajstić information content (AvgIpc) is 2.34. The van der Waals surface area contributed by atoms with Crippen molar-refractivity contribution < 1.29 is 14.6 Å². The van der Waals surface area contributed by atoms with Gasteiger partial charge in [0.15, 0.2) is 6.29 Å². The van der Waals surface area contributed by atoms with Gasteiger partial charge in [-0.05, 0) is 6.42 Å². The molecule has 4 heteroatoms. The maximum absolute atomic E-state index is 9.51. The lowest BCUT2D eigenvalue weighted by Gasteiger charge is -2.30. The van der Waals surface area contributed by atoms with E-state index in [0.29, 0.717) is 19.6 Å². The fourth-order valence-electron chi connectivity index (χ4n) is 1.75. The summed E-state index contributed by atoms with van der Waals surface area (Å²) in [5.41, 5.74) is 5.71.